The molecule has 3 rings (SSSR count). The van der Waals surface area contributed by atoms with Gasteiger partial charge in [-0.05, 0) is 36.8 Å². The fourth-order valence-corrected chi connectivity index (χ4v) is 3.85. The molecule has 0 aliphatic carbocycles. The van der Waals surface area contributed by atoms with Gasteiger partial charge in [0.05, 0.1) is 12.0 Å². The molecular weight excluding hydrogens is 416 g/mol. The smallest absolute Gasteiger partial charge is 0.341 e. The number of hydrogen-bond donors (Lipinski definition) is 1. The minimum absolute atomic E-state index is 0.0713. The summed E-state index contributed by atoms with van der Waals surface area (Å²) in [6.07, 6.45) is 0. The summed E-state index contributed by atoms with van der Waals surface area (Å²) in [5.74, 6) is -1.08. The van der Waals surface area contributed by atoms with E-state index in [1.165, 1.54) is 36.6 Å². The van der Waals surface area contributed by atoms with Gasteiger partial charge in [-0.3, -0.25) is 14.9 Å². The van der Waals surface area contributed by atoms with Crippen molar-refractivity contribution in [2.75, 3.05) is 12.4 Å². The zero-order chi connectivity index (χ0) is 21.1. The number of thiophene rings is 1. The van der Waals surface area contributed by atoms with Gasteiger partial charge in [-0.1, -0.05) is 23.7 Å². The third-order valence-corrected chi connectivity index (χ3v) is 5.37. The van der Waals surface area contributed by atoms with Crippen LogP contribution in [0, 0.1) is 17.0 Å². The number of nitrogens with one attached hydrogen (secondary N) is 1. The molecule has 0 radical (unpaired) electrons. The Kier molecular flexibility index (Phi) is 5.95. The molecule has 0 spiro atoms. The number of nitrogens with zero attached hydrogens (tertiary/aromatic N) is 1. The number of rotatable bonds is 5. The standard InChI is InChI=1S/C20H15ClN2O5S/c1-11-9-13(5-8-16(11)23(26)27)18(24)22-19-17(20(25)28-2)15(10-29-19)12-3-6-14(21)7-4-12/h3-10H,1-2H3,(H,22,24). The highest BCUT2D eigenvalue weighted by atomic mass is 35.5. The van der Waals surface area contributed by atoms with E-state index in [9.17, 15) is 19.7 Å². The van der Waals surface area contributed by atoms with Crippen molar-refractivity contribution in [3.05, 3.63) is 79.7 Å². The number of nitro benzene ring substituents is 1. The van der Waals surface area contributed by atoms with E-state index in [0.29, 0.717) is 21.2 Å². The summed E-state index contributed by atoms with van der Waals surface area (Å²) in [5.41, 5.74) is 2.12. The molecule has 3 aromatic rings. The van der Waals surface area contributed by atoms with Gasteiger partial charge in [0.1, 0.15) is 10.6 Å². The molecule has 0 atom stereocenters. The molecule has 148 valence electrons. The molecule has 0 aliphatic heterocycles. The average Bonchev–Trinajstić information content (AvgIpc) is 3.11. The number of anilines is 1. The predicted molar refractivity (Wildman–Crippen MR) is 112 cm³/mol. The molecule has 0 aliphatic rings. The van der Waals surface area contributed by atoms with Gasteiger partial charge >= 0.3 is 5.97 Å². The number of nitro groups is 1. The Morgan fingerprint density at radius 3 is 2.45 bits per heavy atom. The molecule has 0 saturated carbocycles. The van der Waals surface area contributed by atoms with E-state index in [2.05, 4.69) is 5.32 Å². The van der Waals surface area contributed by atoms with Gasteiger partial charge in [0, 0.05) is 33.2 Å². The van der Waals surface area contributed by atoms with Crippen LogP contribution in [0.1, 0.15) is 26.3 Å². The number of hydrogen-bond acceptors (Lipinski definition) is 6. The number of carbonyl (C=O) groups excluding carboxylic acids is 2. The molecule has 0 saturated heterocycles. The first-order valence-electron chi connectivity index (χ1n) is 8.34. The maximum atomic E-state index is 12.7. The van der Waals surface area contributed by atoms with Gasteiger partial charge in [0.25, 0.3) is 11.6 Å². The fourth-order valence-electron chi connectivity index (χ4n) is 2.77. The fraction of sp³-hybridized carbons (Fsp3) is 0.100. The molecule has 7 nitrogen and oxygen atoms in total. The summed E-state index contributed by atoms with van der Waals surface area (Å²) in [6.45, 7) is 1.55. The van der Waals surface area contributed by atoms with Gasteiger partial charge in [0.2, 0.25) is 0 Å². The van der Waals surface area contributed by atoms with Gasteiger partial charge in [0.15, 0.2) is 0 Å². The zero-order valence-corrected chi connectivity index (χ0v) is 17.0. The van der Waals surface area contributed by atoms with Crippen molar-refractivity contribution in [1.82, 2.24) is 0 Å². The summed E-state index contributed by atoms with van der Waals surface area (Å²) in [5, 5.41) is 16.3. The van der Waals surface area contributed by atoms with E-state index in [0.717, 1.165) is 5.56 Å². The second-order valence-corrected chi connectivity index (χ2v) is 7.38. The zero-order valence-electron chi connectivity index (χ0n) is 15.4. The van der Waals surface area contributed by atoms with Crippen LogP contribution in [0.4, 0.5) is 10.7 Å². The first-order chi connectivity index (χ1) is 13.8. The van der Waals surface area contributed by atoms with Crippen molar-refractivity contribution in [3.63, 3.8) is 0 Å². The monoisotopic (exact) mass is 430 g/mol. The van der Waals surface area contributed by atoms with Crippen molar-refractivity contribution in [2.24, 2.45) is 0 Å². The quantitative estimate of drug-likeness (QED) is 0.335. The predicted octanol–water partition coefficient (Wildman–Crippen LogP) is 5.32. The lowest BCUT2D eigenvalue weighted by Gasteiger charge is -2.08. The second kappa shape index (κ2) is 8.42. The van der Waals surface area contributed by atoms with E-state index in [1.807, 2.05) is 0 Å². The number of ether oxygens (including phenoxy) is 1. The molecular formula is C20H15ClN2O5S. The van der Waals surface area contributed by atoms with Crippen molar-refractivity contribution in [3.8, 4) is 11.1 Å². The van der Waals surface area contributed by atoms with Crippen LogP contribution in [0.2, 0.25) is 5.02 Å². The van der Waals surface area contributed by atoms with Crippen molar-refractivity contribution < 1.29 is 19.2 Å². The minimum atomic E-state index is -0.591. The molecule has 0 fully saturated rings. The van der Waals surface area contributed by atoms with Crippen LogP contribution in [0.3, 0.4) is 0 Å². The number of benzene rings is 2. The number of aryl methyl sites for hydroxylation is 1. The molecule has 1 aromatic heterocycles. The van der Waals surface area contributed by atoms with Crippen LogP contribution < -0.4 is 5.32 Å². The molecule has 29 heavy (non-hydrogen) atoms. The van der Waals surface area contributed by atoms with Crippen molar-refractivity contribution in [1.29, 1.82) is 0 Å². The molecule has 9 heteroatoms. The topological polar surface area (TPSA) is 98.5 Å². The van der Waals surface area contributed by atoms with Crippen molar-refractivity contribution in [2.45, 2.75) is 6.92 Å². The summed E-state index contributed by atoms with van der Waals surface area (Å²) < 4.78 is 4.89. The number of halogens is 1. The van der Waals surface area contributed by atoms with Crippen LogP contribution in [0.15, 0.2) is 47.8 Å². The average molecular weight is 431 g/mol. The number of amides is 1. The first kappa shape index (κ1) is 20.5. The summed E-state index contributed by atoms with van der Waals surface area (Å²) in [7, 11) is 1.26. The Morgan fingerprint density at radius 1 is 1.17 bits per heavy atom. The molecule has 2 aromatic carbocycles. The van der Waals surface area contributed by atoms with Crippen LogP contribution in [-0.2, 0) is 4.74 Å². The number of esters is 1. The van der Waals surface area contributed by atoms with Gasteiger partial charge in [-0.2, -0.15) is 0 Å². The van der Waals surface area contributed by atoms with Crippen LogP contribution in [0.5, 0.6) is 0 Å². The van der Waals surface area contributed by atoms with Crippen molar-refractivity contribution >= 4 is 45.5 Å². The second-order valence-electron chi connectivity index (χ2n) is 6.06. The largest absolute Gasteiger partial charge is 0.465 e. The molecule has 0 unspecified atom stereocenters. The van der Waals surface area contributed by atoms with Crippen LogP contribution in [0.25, 0.3) is 11.1 Å². The minimum Gasteiger partial charge on any atom is -0.465 e. The lowest BCUT2D eigenvalue weighted by atomic mass is 10.0. The summed E-state index contributed by atoms with van der Waals surface area (Å²) >= 11 is 7.11. The summed E-state index contributed by atoms with van der Waals surface area (Å²) in [4.78, 5) is 35.5. The highest BCUT2D eigenvalue weighted by Crippen LogP contribution is 2.37. The Bertz CT molecular complexity index is 1110. The van der Waals surface area contributed by atoms with Gasteiger partial charge in [-0.15, -0.1) is 11.3 Å². The third-order valence-electron chi connectivity index (χ3n) is 4.22. The summed E-state index contributed by atoms with van der Waals surface area (Å²) in [6, 6.07) is 11.0. The van der Waals surface area contributed by atoms with E-state index in [-0.39, 0.29) is 16.8 Å². The Hall–Kier alpha value is -3.23. The highest BCUT2D eigenvalue weighted by Gasteiger charge is 2.23. The SMILES string of the molecule is COC(=O)c1c(-c2ccc(Cl)cc2)csc1NC(=O)c1ccc([N+](=O)[O-])c(C)c1. The lowest BCUT2D eigenvalue weighted by Crippen LogP contribution is -2.14. The molecule has 1 N–H and O–H groups in total. The maximum absolute atomic E-state index is 12.7. The third kappa shape index (κ3) is 4.28. The van der Waals surface area contributed by atoms with Gasteiger partial charge < -0.3 is 10.1 Å². The molecule has 1 amide bonds. The maximum Gasteiger partial charge on any atom is 0.341 e. The van der Waals surface area contributed by atoms with Gasteiger partial charge in [-0.25, -0.2) is 4.79 Å². The van der Waals surface area contributed by atoms with Crippen LogP contribution >= 0.6 is 22.9 Å². The Balaban J connectivity index is 1.96. The van der Waals surface area contributed by atoms with E-state index in [4.69, 9.17) is 16.3 Å². The first-order valence-corrected chi connectivity index (χ1v) is 9.59. The number of carbonyl (C=O) groups is 2. The van der Waals surface area contributed by atoms with E-state index in [1.54, 1.807) is 36.6 Å². The normalized spacial score (nSPS) is 10.4. The number of methoxy groups -OCH3 is 1. The van der Waals surface area contributed by atoms with Crippen LogP contribution in [-0.4, -0.2) is 23.9 Å². The highest BCUT2D eigenvalue weighted by molar-refractivity contribution is 7.15. The Morgan fingerprint density at radius 2 is 1.86 bits per heavy atom. The molecule has 1 heterocycles. The van der Waals surface area contributed by atoms with E-state index >= 15 is 0 Å². The van der Waals surface area contributed by atoms with E-state index < -0.39 is 16.8 Å². The Labute approximate surface area is 175 Å². The molecule has 0 bridgehead atoms. The lowest BCUT2D eigenvalue weighted by molar-refractivity contribution is -0.385.